The van der Waals surface area contributed by atoms with Gasteiger partial charge in [-0.15, -0.1) is 0 Å². The van der Waals surface area contributed by atoms with Crippen molar-refractivity contribution in [1.29, 1.82) is 0 Å². The van der Waals surface area contributed by atoms with Gasteiger partial charge in [-0.1, -0.05) is 0 Å². The first kappa shape index (κ1) is 51.7. The summed E-state index contributed by atoms with van der Waals surface area (Å²) in [5.74, 6) is -3.58. The molecule has 31 heavy (non-hydrogen) atoms. The van der Waals surface area contributed by atoms with Crippen LogP contribution >= 0.6 is 0 Å². The van der Waals surface area contributed by atoms with E-state index in [1.807, 2.05) is 0 Å². The molecule has 0 bridgehead atoms. The molecule has 16 nitrogen and oxygen atoms in total. The van der Waals surface area contributed by atoms with Gasteiger partial charge in [-0.05, 0) is 6.92 Å². The molecule has 184 valence electrons. The van der Waals surface area contributed by atoms with E-state index in [4.69, 9.17) is 65.1 Å². The maximum atomic E-state index is 9.90. The summed E-state index contributed by atoms with van der Waals surface area (Å²) >= 11 is 0. The summed E-state index contributed by atoms with van der Waals surface area (Å²) < 4.78 is 0. The van der Waals surface area contributed by atoms with Crippen molar-refractivity contribution in [3.05, 3.63) is 0 Å². The molecular weight excluding hydrogens is 443 g/mol. The second-order valence-corrected chi connectivity index (χ2v) is 4.41. The fraction of sp³-hybridized carbons (Fsp3) is 0.643. The number of carboxylic acids is 4. The van der Waals surface area contributed by atoms with Crippen molar-refractivity contribution >= 4 is 30.2 Å². The molecule has 0 aromatic heterocycles. The van der Waals surface area contributed by atoms with Crippen molar-refractivity contribution in [3.8, 4) is 0 Å². The summed E-state index contributed by atoms with van der Waals surface area (Å²) in [6.45, 7) is 3.46. The average molecular weight is 476 g/mol. The molecule has 4 atom stereocenters. The summed E-state index contributed by atoms with van der Waals surface area (Å²) in [5, 5.41) is 74.7. The summed E-state index contributed by atoms with van der Waals surface area (Å²) in [6, 6.07) is 0. The number of aliphatic hydroxyl groups is 5. The first-order valence-corrected chi connectivity index (χ1v) is 7.02. The van der Waals surface area contributed by atoms with E-state index in [1.165, 1.54) is 0 Å². The molecule has 0 fully saturated rings. The molecule has 0 aromatic rings. The average Bonchev–Trinajstić information content (AvgIpc) is 2.49. The zero-order chi connectivity index (χ0) is 24.0. The minimum atomic E-state index is -1.79. The third-order valence-electron chi connectivity index (χ3n) is 1.42. The van der Waals surface area contributed by atoms with Crippen molar-refractivity contribution < 1.29 is 99.5 Å². The van der Waals surface area contributed by atoms with Gasteiger partial charge in [-0.3, -0.25) is 14.4 Å². The Labute approximate surface area is 200 Å². The normalized spacial score (nSPS) is 11.4. The second-order valence-electron chi connectivity index (χ2n) is 4.41. The molecule has 17 heteroatoms. The molecule has 0 amide bonds. The molecule has 0 aliphatic rings. The van der Waals surface area contributed by atoms with E-state index in [0.717, 1.165) is 27.7 Å². The van der Waals surface area contributed by atoms with E-state index < -0.39 is 54.9 Å². The molecule has 0 saturated heterocycles. The Hall–Kier alpha value is -1.73. The van der Waals surface area contributed by atoms with Gasteiger partial charge in [0.05, 0.1) is 6.61 Å². The topological polar surface area (TPSA) is 340 Å². The molecule has 0 heterocycles. The van der Waals surface area contributed by atoms with Crippen LogP contribution < -0.4 is 47.0 Å². The Kier molecular flexibility index (Phi) is 59.5. The van der Waals surface area contributed by atoms with Gasteiger partial charge in [0, 0.05) is 26.7 Å². The van der Waals surface area contributed by atoms with Crippen LogP contribution in [-0.2, 0) is 24.0 Å². The van der Waals surface area contributed by atoms with Gasteiger partial charge in [-0.2, -0.15) is 0 Å². The Bertz CT molecular complexity index is 389. The minimum Gasteiger partial charge on any atom is -0.550 e. The second kappa shape index (κ2) is 35.7. The summed E-state index contributed by atoms with van der Waals surface area (Å²) in [6.07, 6.45) is -6.84. The van der Waals surface area contributed by atoms with Crippen LogP contribution in [0.5, 0.6) is 0 Å². The molecule has 0 spiro atoms. The van der Waals surface area contributed by atoms with Crippen LogP contribution in [-0.4, -0.2) is 102 Å². The molecule has 14 N–H and O–H groups in total. The standard InChI is InChI=1S/C6H12O6.4C2H4O2.2H3N.Na/c7-1-3(9)5(11)6(12)4(10)2-8;4*1-2(3)4;;;/h1,3-6,8-12H,2H2;4*1H3,(H,3,4);2*1H3;/q;;;;;;;+1/p-1/t3-,4+,5+,6+;;;;;;;/m0......./s1. The van der Waals surface area contributed by atoms with Gasteiger partial charge >= 0.3 is 29.6 Å². The number of aliphatic carboxylic acids is 4. The molecule has 0 radical (unpaired) electrons. The fourth-order valence-electron chi connectivity index (χ4n) is 0.618. The molecular formula is C14H33N2NaO14. The third-order valence-corrected chi connectivity index (χ3v) is 1.42. The van der Waals surface area contributed by atoms with Crippen molar-refractivity contribution in [3.63, 3.8) is 0 Å². The molecule has 0 aromatic carbocycles. The zero-order valence-corrected chi connectivity index (χ0v) is 20.0. The van der Waals surface area contributed by atoms with Gasteiger partial charge in [0.1, 0.15) is 24.4 Å². The van der Waals surface area contributed by atoms with E-state index in [9.17, 15) is 4.79 Å². The SMILES string of the molecule is CC(=O)O.CC(=O)O.CC(=O)O.CC(=O)[O-].N.N.O=C[C@H](O)[C@@H](O)[C@H](O)[C@H](O)CO.[Na+]. The van der Waals surface area contributed by atoms with Gasteiger partial charge in [0.15, 0.2) is 6.29 Å². The Morgan fingerprint density at radius 2 is 0.968 bits per heavy atom. The number of aldehydes is 1. The van der Waals surface area contributed by atoms with Crippen LogP contribution in [0.2, 0.25) is 0 Å². The van der Waals surface area contributed by atoms with Gasteiger partial charge < -0.3 is 67.8 Å². The van der Waals surface area contributed by atoms with Crippen molar-refractivity contribution in [2.45, 2.75) is 52.1 Å². The third kappa shape index (κ3) is 95.8. The van der Waals surface area contributed by atoms with Crippen LogP contribution in [0.15, 0.2) is 0 Å². The first-order valence-electron chi connectivity index (χ1n) is 7.02. The summed E-state index contributed by atoms with van der Waals surface area (Å²) in [5.41, 5.74) is 0. The Balaban J connectivity index is -0.0000000392. The number of aliphatic hydroxyl groups excluding tert-OH is 5. The number of rotatable bonds is 5. The zero-order valence-electron chi connectivity index (χ0n) is 18.0. The van der Waals surface area contributed by atoms with Gasteiger partial charge in [0.2, 0.25) is 0 Å². The largest absolute Gasteiger partial charge is 1.00 e. The number of carboxylic acid groups (broad SMARTS) is 4. The van der Waals surface area contributed by atoms with Crippen LogP contribution in [0.25, 0.3) is 0 Å². The van der Waals surface area contributed by atoms with Gasteiger partial charge in [0.25, 0.3) is 17.9 Å². The number of hydrogen-bond acceptors (Lipinski definition) is 13. The van der Waals surface area contributed by atoms with E-state index in [1.54, 1.807) is 0 Å². The maximum Gasteiger partial charge on any atom is 1.00 e. The van der Waals surface area contributed by atoms with E-state index in [2.05, 4.69) is 0 Å². The molecule has 0 saturated carbocycles. The number of carbonyl (C=O) groups is 5. The van der Waals surface area contributed by atoms with Crippen molar-refractivity contribution in [1.82, 2.24) is 12.3 Å². The van der Waals surface area contributed by atoms with E-state index in [0.29, 0.717) is 0 Å². The predicted octanol–water partition coefficient (Wildman–Crippen LogP) is -7.02. The monoisotopic (exact) mass is 476 g/mol. The summed E-state index contributed by atoms with van der Waals surface area (Å²) in [7, 11) is 0. The van der Waals surface area contributed by atoms with Crippen molar-refractivity contribution in [2.24, 2.45) is 0 Å². The quantitative estimate of drug-likeness (QED) is 0.130. The molecule has 0 aliphatic heterocycles. The van der Waals surface area contributed by atoms with Gasteiger partial charge in [-0.25, -0.2) is 0 Å². The van der Waals surface area contributed by atoms with Crippen LogP contribution in [0, 0.1) is 0 Å². The number of carbonyl (C=O) groups excluding carboxylic acids is 2. The van der Waals surface area contributed by atoms with Crippen LogP contribution in [0.4, 0.5) is 0 Å². The van der Waals surface area contributed by atoms with E-state index >= 15 is 0 Å². The first-order chi connectivity index (χ1) is 12.5. The van der Waals surface area contributed by atoms with Crippen LogP contribution in [0.1, 0.15) is 27.7 Å². The van der Waals surface area contributed by atoms with Crippen molar-refractivity contribution in [2.75, 3.05) is 6.61 Å². The Morgan fingerprint density at radius 3 is 1.10 bits per heavy atom. The fourth-order valence-corrected chi connectivity index (χ4v) is 0.618. The van der Waals surface area contributed by atoms with E-state index in [-0.39, 0.29) is 48.1 Å². The molecule has 0 unspecified atom stereocenters. The summed E-state index contributed by atoms with van der Waals surface area (Å²) in [4.78, 5) is 45.8. The minimum absolute atomic E-state index is 0. The van der Waals surface area contributed by atoms with Crippen LogP contribution in [0.3, 0.4) is 0 Å². The number of hydrogen-bond donors (Lipinski definition) is 10. The molecule has 0 aliphatic carbocycles. The molecule has 0 rings (SSSR count). The predicted molar refractivity (Wildman–Crippen MR) is 97.8 cm³/mol. The Morgan fingerprint density at radius 1 is 0.774 bits per heavy atom. The maximum absolute atomic E-state index is 9.90. The smallest absolute Gasteiger partial charge is 0.550 e.